The van der Waals surface area contributed by atoms with E-state index in [4.69, 9.17) is 0 Å². The van der Waals surface area contributed by atoms with E-state index in [2.05, 4.69) is 10.1 Å². The van der Waals surface area contributed by atoms with Gasteiger partial charge in [0.25, 0.3) is 0 Å². The van der Waals surface area contributed by atoms with Gasteiger partial charge in [-0.1, -0.05) is 0 Å². The van der Waals surface area contributed by atoms with Gasteiger partial charge in [-0.25, -0.2) is 0 Å². The Morgan fingerprint density at radius 1 is 1.53 bits per heavy atom. The number of rotatable bonds is 3. The molecule has 1 rings (SSSR count). The van der Waals surface area contributed by atoms with Gasteiger partial charge in [0.15, 0.2) is 0 Å². The number of carbonyl (C=O) groups excluding carboxylic acids is 2. The van der Waals surface area contributed by atoms with Crippen molar-refractivity contribution in [2.24, 2.45) is 5.92 Å². The Labute approximate surface area is 89.8 Å². The van der Waals surface area contributed by atoms with Crippen LogP contribution in [0.2, 0.25) is 0 Å². The summed E-state index contributed by atoms with van der Waals surface area (Å²) in [5.41, 5.74) is 0. The van der Waals surface area contributed by atoms with Crippen LogP contribution in [0.5, 0.6) is 0 Å². The molecule has 86 valence electrons. The van der Waals surface area contributed by atoms with E-state index < -0.39 is 0 Å². The molecule has 0 aromatic carbocycles. The largest absolute Gasteiger partial charge is 0.468 e. The van der Waals surface area contributed by atoms with Gasteiger partial charge in [-0.15, -0.1) is 0 Å². The summed E-state index contributed by atoms with van der Waals surface area (Å²) < 4.78 is 4.51. The van der Waals surface area contributed by atoms with E-state index in [0.717, 1.165) is 19.4 Å². The number of likely N-dealkylation sites (N-methyl/N-ethyl adjacent to an activating group) is 1. The summed E-state index contributed by atoms with van der Waals surface area (Å²) in [6.07, 6.45) is 1.92. The van der Waals surface area contributed by atoms with Crippen molar-refractivity contribution in [1.29, 1.82) is 0 Å². The number of nitrogens with one attached hydrogen (secondary N) is 1. The maximum atomic E-state index is 11.8. The molecule has 1 aliphatic rings. The van der Waals surface area contributed by atoms with E-state index >= 15 is 0 Å². The highest BCUT2D eigenvalue weighted by atomic mass is 16.5. The standard InChI is InChI=1S/C10H18N2O3/c1-12(7-9(13)15-2)10(14)8-4-3-5-11-6-8/h8,11H,3-7H2,1-2H3/t8-/m1/s1. The Morgan fingerprint density at radius 2 is 2.27 bits per heavy atom. The molecule has 0 bridgehead atoms. The molecule has 1 N–H and O–H groups in total. The molecule has 5 nitrogen and oxygen atoms in total. The number of piperidine rings is 1. The number of methoxy groups -OCH3 is 1. The monoisotopic (exact) mass is 214 g/mol. The van der Waals surface area contributed by atoms with Crippen LogP contribution in [-0.2, 0) is 14.3 Å². The number of nitrogens with zero attached hydrogens (tertiary/aromatic N) is 1. The van der Waals surface area contributed by atoms with E-state index in [0.29, 0.717) is 6.54 Å². The summed E-state index contributed by atoms with van der Waals surface area (Å²) in [6, 6.07) is 0. The molecule has 1 amide bonds. The molecule has 0 radical (unpaired) electrons. The molecule has 0 aromatic rings. The predicted octanol–water partition coefficient (Wildman–Crippen LogP) is -0.383. The maximum Gasteiger partial charge on any atom is 0.325 e. The molecule has 15 heavy (non-hydrogen) atoms. The lowest BCUT2D eigenvalue weighted by atomic mass is 9.98. The van der Waals surface area contributed by atoms with Gasteiger partial charge in [0, 0.05) is 13.6 Å². The number of amides is 1. The average Bonchev–Trinajstić information content (AvgIpc) is 2.29. The smallest absolute Gasteiger partial charge is 0.325 e. The Hall–Kier alpha value is -1.10. The molecule has 1 heterocycles. The highest BCUT2D eigenvalue weighted by Gasteiger charge is 2.24. The van der Waals surface area contributed by atoms with Gasteiger partial charge in [-0.3, -0.25) is 9.59 Å². The van der Waals surface area contributed by atoms with Crippen LogP contribution in [0.1, 0.15) is 12.8 Å². The van der Waals surface area contributed by atoms with E-state index in [-0.39, 0.29) is 24.3 Å². The Kier molecular flexibility index (Phi) is 4.55. The summed E-state index contributed by atoms with van der Waals surface area (Å²) in [6.45, 7) is 1.72. The van der Waals surface area contributed by atoms with Crippen LogP contribution in [0.4, 0.5) is 0 Å². The summed E-state index contributed by atoms with van der Waals surface area (Å²) in [4.78, 5) is 24.2. The van der Waals surface area contributed by atoms with Crippen molar-refractivity contribution < 1.29 is 14.3 Å². The molecular weight excluding hydrogens is 196 g/mol. The fraction of sp³-hybridized carbons (Fsp3) is 0.800. The molecule has 0 saturated carbocycles. The molecule has 0 aromatic heterocycles. The van der Waals surface area contributed by atoms with Crippen LogP contribution < -0.4 is 5.32 Å². The normalized spacial score (nSPS) is 20.8. The number of carbonyl (C=O) groups is 2. The maximum absolute atomic E-state index is 11.8. The van der Waals surface area contributed by atoms with Gasteiger partial charge < -0.3 is 15.0 Å². The molecule has 0 aliphatic carbocycles. The number of esters is 1. The van der Waals surface area contributed by atoms with Crippen LogP contribution in [0, 0.1) is 5.92 Å². The number of ether oxygens (including phenoxy) is 1. The Balaban J connectivity index is 2.40. The van der Waals surface area contributed by atoms with Crippen molar-refractivity contribution in [1.82, 2.24) is 10.2 Å². The SMILES string of the molecule is COC(=O)CN(C)C(=O)[C@@H]1CCCNC1. The zero-order valence-electron chi connectivity index (χ0n) is 9.28. The van der Waals surface area contributed by atoms with Crippen molar-refractivity contribution in [3.63, 3.8) is 0 Å². The first-order valence-electron chi connectivity index (χ1n) is 5.17. The molecule has 1 fully saturated rings. The van der Waals surface area contributed by atoms with Gasteiger partial charge in [0.2, 0.25) is 5.91 Å². The lowest BCUT2D eigenvalue weighted by Gasteiger charge is -2.26. The van der Waals surface area contributed by atoms with Crippen LogP contribution in [-0.4, -0.2) is 50.6 Å². The van der Waals surface area contributed by atoms with E-state index in [1.807, 2.05) is 0 Å². The Morgan fingerprint density at radius 3 is 2.80 bits per heavy atom. The van der Waals surface area contributed by atoms with Gasteiger partial charge in [-0.05, 0) is 19.4 Å². The second-order valence-electron chi connectivity index (χ2n) is 3.81. The Bertz CT molecular complexity index is 237. The predicted molar refractivity (Wildman–Crippen MR) is 55.2 cm³/mol. The third-order valence-electron chi connectivity index (χ3n) is 2.62. The molecule has 0 spiro atoms. The minimum atomic E-state index is -0.380. The summed E-state index contributed by atoms with van der Waals surface area (Å²) >= 11 is 0. The number of hydrogen-bond donors (Lipinski definition) is 1. The van der Waals surface area contributed by atoms with Crippen molar-refractivity contribution in [3.8, 4) is 0 Å². The summed E-state index contributed by atoms with van der Waals surface area (Å²) in [5, 5.41) is 3.17. The second-order valence-corrected chi connectivity index (χ2v) is 3.81. The van der Waals surface area contributed by atoms with Gasteiger partial charge >= 0.3 is 5.97 Å². The third-order valence-corrected chi connectivity index (χ3v) is 2.62. The first kappa shape index (κ1) is 12.0. The minimum Gasteiger partial charge on any atom is -0.468 e. The molecule has 0 unspecified atom stereocenters. The fourth-order valence-corrected chi connectivity index (χ4v) is 1.71. The quantitative estimate of drug-likeness (QED) is 0.650. The molecular formula is C10H18N2O3. The molecule has 1 saturated heterocycles. The van der Waals surface area contributed by atoms with Crippen LogP contribution in [0.3, 0.4) is 0 Å². The summed E-state index contributed by atoms with van der Waals surface area (Å²) in [7, 11) is 2.96. The van der Waals surface area contributed by atoms with Crippen molar-refractivity contribution in [2.75, 3.05) is 33.8 Å². The van der Waals surface area contributed by atoms with Gasteiger partial charge in [-0.2, -0.15) is 0 Å². The second kappa shape index (κ2) is 5.70. The van der Waals surface area contributed by atoms with Crippen LogP contribution in [0.25, 0.3) is 0 Å². The molecule has 1 aliphatic heterocycles. The highest BCUT2D eigenvalue weighted by molar-refractivity contribution is 5.83. The lowest BCUT2D eigenvalue weighted by molar-refractivity contribution is -0.147. The number of hydrogen-bond acceptors (Lipinski definition) is 4. The molecule has 1 atom stereocenters. The van der Waals surface area contributed by atoms with Crippen LogP contribution >= 0.6 is 0 Å². The first-order valence-corrected chi connectivity index (χ1v) is 5.17. The van der Waals surface area contributed by atoms with Crippen molar-refractivity contribution in [3.05, 3.63) is 0 Å². The third kappa shape index (κ3) is 3.51. The molecule has 5 heteroatoms. The van der Waals surface area contributed by atoms with E-state index in [9.17, 15) is 9.59 Å². The van der Waals surface area contributed by atoms with Crippen molar-refractivity contribution in [2.45, 2.75) is 12.8 Å². The van der Waals surface area contributed by atoms with Crippen LogP contribution in [0.15, 0.2) is 0 Å². The highest BCUT2D eigenvalue weighted by Crippen LogP contribution is 2.12. The van der Waals surface area contributed by atoms with Gasteiger partial charge in [0.1, 0.15) is 6.54 Å². The summed E-state index contributed by atoms with van der Waals surface area (Å²) in [5.74, 6) is -0.351. The fourth-order valence-electron chi connectivity index (χ4n) is 1.71. The minimum absolute atomic E-state index is 0.00778. The van der Waals surface area contributed by atoms with Crippen molar-refractivity contribution >= 4 is 11.9 Å². The van der Waals surface area contributed by atoms with Gasteiger partial charge in [0.05, 0.1) is 13.0 Å². The van der Waals surface area contributed by atoms with E-state index in [1.165, 1.54) is 12.0 Å². The first-order chi connectivity index (χ1) is 7.15. The zero-order valence-corrected chi connectivity index (χ0v) is 9.28. The zero-order chi connectivity index (χ0) is 11.3. The topological polar surface area (TPSA) is 58.6 Å². The average molecular weight is 214 g/mol. The lowest BCUT2D eigenvalue weighted by Crippen LogP contribution is -2.43. The van der Waals surface area contributed by atoms with E-state index in [1.54, 1.807) is 7.05 Å².